The lowest BCUT2D eigenvalue weighted by molar-refractivity contribution is 0.384. The Morgan fingerprint density at radius 3 is 2.29 bits per heavy atom. The molecule has 9 nitrogen and oxygen atoms in total. The normalized spacial score (nSPS) is 15.2. The number of piperazine rings is 1. The third kappa shape index (κ3) is 3.47. The van der Waals surface area contributed by atoms with Crippen LogP contribution in [0.3, 0.4) is 0 Å². The van der Waals surface area contributed by atoms with Crippen LogP contribution < -0.4 is 4.90 Å². The number of anilines is 1. The van der Waals surface area contributed by atoms with E-state index in [1.807, 2.05) is 65.6 Å². The highest BCUT2D eigenvalue weighted by atomic mass is 32.2. The lowest BCUT2D eigenvalue weighted by atomic mass is 10.1. The van der Waals surface area contributed by atoms with E-state index in [2.05, 4.69) is 20.3 Å². The summed E-state index contributed by atoms with van der Waals surface area (Å²) in [7, 11) is -3.59. The summed E-state index contributed by atoms with van der Waals surface area (Å²) in [6.45, 7) is 1.70. The highest BCUT2D eigenvalue weighted by Gasteiger charge is 2.30. The van der Waals surface area contributed by atoms with E-state index in [4.69, 9.17) is 0 Å². The standard InChI is InChI=1S/C24H21N7O2S/c32-34(33,21-11-10-18-6-4-5-7-19(18)16-21)30-14-12-29(13-15-30)23-22-24(26-17-25-23)31(28-27-22)20-8-2-1-3-9-20/h1-11,16-17H,12-15H2. The molecule has 0 atom stereocenters. The molecule has 1 aliphatic heterocycles. The van der Waals surface area contributed by atoms with Gasteiger partial charge in [-0.25, -0.2) is 18.4 Å². The van der Waals surface area contributed by atoms with Crippen molar-refractivity contribution in [1.82, 2.24) is 29.3 Å². The fourth-order valence-corrected chi connectivity index (χ4v) is 5.79. The molecule has 2 aromatic heterocycles. The van der Waals surface area contributed by atoms with Gasteiger partial charge in [0.25, 0.3) is 0 Å². The summed E-state index contributed by atoms with van der Waals surface area (Å²) >= 11 is 0. The quantitative estimate of drug-likeness (QED) is 0.398. The Hall–Kier alpha value is -3.89. The Morgan fingerprint density at radius 1 is 0.765 bits per heavy atom. The summed E-state index contributed by atoms with van der Waals surface area (Å²) in [6.07, 6.45) is 1.50. The Morgan fingerprint density at radius 2 is 1.50 bits per heavy atom. The van der Waals surface area contributed by atoms with Crippen molar-refractivity contribution in [3.63, 3.8) is 0 Å². The highest BCUT2D eigenvalue weighted by Crippen LogP contribution is 2.26. The molecule has 3 aromatic carbocycles. The van der Waals surface area contributed by atoms with Crippen LogP contribution in [0.5, 0.6) is 0 Å². The van der Waals surface area contributed by atoms with E-state index in [-0.39, 0.29) is 0 Å². The second-order valence-corrected chi connectivity index (χ2v) is 10.0. The molecule has 170 valence electrons. The molecule has 10 heteroatoms. The van der Waals surface area contributed by atoms with Crippen molar-refractivity contribution < 1.29 is 8.42 Å². The van der Waals surface area contributed by atoms with Crippen LogP contribution in [0.25, 0.3) is 27.6 Å². The number of rotatable bonds is 4. The van der Waals surface area contributed by atoms with Gasteiger partial charge >= 0.3 is 0 Å². The van der Waals surface area contributed by atoms with Gasteiger partial charge in [0, 0.05) is 26.2 Å². The Labute approximate surface area is 196 Å². The molecule has 0 spiro atoms. The average molecular weight is 472 g/mol. The summed E-state index contributed by atoms with van der Waals surface area (Å²) in [6, 6.07) is 22.7. The van der Waals surface area contributed by atoms with Crippen LogP contribution in [-0.2, 0) is 10.0 Å². The van der Waals surface area contributed by atoms with E-state index >= 15 is 0 Å². The molecule has 0 radical (unpaired) electrons. The van der Waals surface area contributed by atoms with Crippen LogP contribution >= 0.6 is 0 Å². The summed E-state index contributed by atoms with van der Waals surface area (Å²) in [5.41, 5.74) is 2.07. The van der Waals surface area contributed by atoms with Crippen molar-refractivity contribution in [2.75, 3.05) is 31.1 Å². The minimum absolute atomic E-state index is 0.315. The number of sulfonamides is 1. The van der Waals surface area contributed by atoms with Crippen molar-refractivity contribution in [3.8, 4) is 5.69 Å². The maximum atomic E-state index is 13.3. The van der Waals surface area contributed by atoms with E-state index in [1.165, 1.54) is 10.6 Å². The maximum Gasteiger partial charge on any atom is 0.243 e. The average Bonchev–Trinajstić information content (AvgIpc) is 3.33. The van der Waals surface area contributed by atoms with E-state index in [1.54, 1.807) is 16.8 Å². The van der Waals surface area contributed by atoms with Crippen molar-refractivity contribution in [2.45, 2.75) is 4.90 Å². The van der Waals surface area contributed by atoms with Crippen LogP contribution in [0.15, 0.2) is 84.0 Å². The molecule has 3 heterocycles. The molecular formula is C24H21N7O2S. The molecule has 0 amide bonds. The van der Waals surface area contributed by atoms with Gasteiger partial charge in [0.15, 0.2) is 17.0 Å². The summed E-state index contributed by atoms with van der Waals surface area (Å²) in [5, 5.41) is 10.5. The van der Waals surface area contributed by atoms with Gasteiger partial charge in [-0.05, 0) is 35.0 Å². The first-order valence-corrected chi connectivity index (χ1v) is 12.4. The van der Waals surface area contributed by atoms with Gasteiger partial charge < -0.3 is 4.90 Å². The van der Waals surface area contributed by atoms with Crippen LogP contribution in [0, 0.1) is 0 Å². The zero-order valence-corrected chi connectivity index (χ0v) is 19.0. The molecule has 34 heavy (non-hydrogen) atoms. The fraction of sp³-hybridized carbons (Fsp3) is 0.167. The predicted molar refractivity (Wildman–Crippen MR) is 129 cm³/mol. The second-order valence-electron chi connectivity index (χ2n) is 8.11. The number of aromatic nitrogens is 5. The van der Waals surface area contributed by atoms with Crippen LogP contribution in [-0.4, -0.2) is 63.9 Å². The molecule has 5 aromatic rings. The van der Waals surface area contributed by atoms with Crippen LogP contribution in [0.4, 0.5) is 5.82 Å². The van der Waals surface area contributed by atoms with Gasteiger partial charge in [0.2, 0.25) is 10.0 Å². The molecule has 0 N–H and O–H groups in total. The number of benzene rings is 3. The molecule has 0 bridgehead atoms. The van der Waals surface area contributed by atoms with Gasteiger partial charge in [-0.2, -0.15) is 8.99 Å². The molecule has 1 fully saturated rings. The topological polar surface area (TPSA) is 97.1 Å². The minimum atomic E-state index is -3.59. The summed E-state index contributed by atoms with van der Waals surface area (Å²) < 4.78 is 29.8. The Balaban J connectivity index is 1.25. The van der Waals surface area contributed by atoms with Crippen molar-refractivity contribution in [2.24, 2.45) is 0 Å². The first kappa shape index (κ1) is 20.7. The van der Waals surface area contributed by atoms with Gasteiger partial charge in [-0.1, -0.05) is 53.7 Å². The number of nitrogens with zero attached hydrogens (tertiary/aromatic N) is 7. The molecule has 1 saturated heterocycles. The van der Waals surface area contributed by atoms with Crippen LogP contribution in [0.2, 0.25) is 0 Å². The summed E-state index contributed by atoms with van der Waals surface area (Å²) in [4.78, 5) is 11.2. The highest BCUT2D eigenvalue weighted by molar-refractivity contribution is 7.89. The number of hydrogen-bond donors (Lipinski definition) is 0. The molecular weight excluding hydrogens is 450 g/mol. The van der Waals surface area contributed by atoms with Gasteiger partial charge in [-0.3, -0.25) is 0 Å². The van der Waals surface area contributed by atoms with Crippen molar-refractivity contribution in [3.05, 3.63) is 79.1 Å². The number of hydrogen-bond acceptors (Lipinski definition) is 7. The monoisotopic (exact) mass is 471 g/mol. The molecule has 1 aliphatic rings. The molecule has 6 rings (SSSR count). The number of para-hydroxylation sites is 1. The molecule has 0 saturated carbocycles. The Kier molecular flexibility index (Phi) is 4.96. The van der Waals surface area contributed by atoms with Gasteiger partial charge in [0.1, 0.15) is 6.33 Å². The lowest BCUT2D eigenvalue weighted by Crippen LogP contribution is -2.49. The SMILES string of the molecule is O=S(=O)(c1ccc2ccccc2c1)N1CCN(c2ncnc3c2nnn3-c2ccccc2)CC1. The first-order valence-electron chi connectivity index (χ1n) is 11.0. The molecule has 0 aliphatic carbocycles. The smallest absolute Gasteiger partial charge is 0.243 e. The fourth-order valence-electron chi connectivity index (χ4n) is 4.33. The van der Waals surface area contributed by atoms with Crippen LogP contribution in [0.1, 0.15) is 0 Å². The lowest BCUT2D eigenvalue weighted by Gasteiger charge is -2.34. The van der Waals surface area contributed by atoms with E-state index < -0.39 is 10.0 Å². The number of fused-ring (bicyclic) bond motifs is 2. The largest absolute Gasteiger partial charge is 0.352 e. The van der Waals surface area contributed by atoms with E-state index in [0.29, 0.717) is 48.1 Å². The third-order valence-electron chi connectivity index (χ3n) is 6.12. The zero-order valence-electron chi connectivity index (χ0n) is 18.2. The van der Waals surface area contributed by atoms with E-state index in [9.17, 15) is 8.42 Å². The van der Waals surface area contributed by atoms with Crippen molar-refractivity contribution in [1.29, 1.82) is 0 Å². The first-order chi connectivity index (χ1) is 16.6. The molecule has 0 unspecified atom stereocenters. The van der Waals surface area contributed by atoms with Gasteiger partial charge in [0.05, 0.1) is 10.6 Å². The third-order valence-corrected chi connectivity index (χ3v) is 8.01. The van der Waals surface area contributed by atoms with E-state index in [0.717, 1.165) is 16.5 Å². The predicted octanol–water partition coefficient (Wildman–Crippen LogP) is 2.87. The summed E-state index contributed by atoms with van der Waals surface area (Å²) in [5.74, 6) is 0.662. The second kappa shape index (κ2) is 8.15. The van der Waals surface area contributed by atoms with Gasteiger partial charge in [-0.15, -0.1) is 5.10 Å². The minimum Gasteiger partial charge on any atom is -0.352 e. The maximum absolute atomic E-state index is 13.3. The zero-order chi connectivity index (χ0) is 23.1. The van der Waals surface area contributed by atoms with Crippen molar-refractivity contribution >= 4 is 37.8 Å². The Bertz CT molecular complexity index is 1590.